The van der Waals surface area contributed by atoms with Gasteiger partial charge in [-0.05, 0) is 6.42 Å². The van der Waals surface area contributed by atoms with Crippen LogP contribution in [0.4, 0.5) is 0 Å². The van der Waals surface area contributed by atoms with Crippen LogP contribution in [-0.4, -0.2) is 58.0 Å². The summed E-state index contributed by atoms with van der Waals surface area (Å²) in [6, 6.07) is 0. The highest BCUT2D eigenvalue weighted by Gasteiger charge is 2.27. The number of carbonyl (C=O) groups excluding carboxylic acids is 2. The van der Waals surface area contributed by atoms with Crippen molar-refractivity contribution in [1.82, 2.24) is 20.0 Å². The lowest BCUT2D eigenvalue weighted by Crippen LogP contribution is -2.50. The largest absolute Gasteiger partial charge is 0.417 e. The number of carbonyl (C=O) groups is 2. The van der Waals surface area contributed by atoms with Gasteiger partial charge >= 0.3 is 11.8 Å². The molecule has 1 saturated heterocycles. The van der Waals surface area contributed by atoms with Gasteiger partial charge in [-0.3, -0.25) is 9.59 Å². The van der Waals surface area contributed by atoms with Crippen LogP contribution in [0.2, 0.25) is 0 Å². The normalized spacial score (nSPS) is 15.5. The lowest BCUT2D eigenvalue weighted by atomic mass is 10.2. The Kier molecular flexibility index (Phi) is 4.70. The standard InChI is InChI=1S/C13H20N4O3/c1-3-4-5-11(18)16-6-8-17(9-7-16)13(19)12-15-14-10(2)20-12/h3-9H2,1-2H3. The van der Waals surface area contributed by atoms with Gasteiger partial charge in [0.05, 0.1) is 0 Å². The highest BCUT2D eigenvalue weighted by Crippen LogP contribution is 2.10. The van der Waals surface area contributed by atoms with E-state index in [4.69, 9.17) is 4.42 Å². The molecule has 1 aromatic rings. The van der Waals surface area contributed by atoms with Crippen molar-refractivity contribution in [3.63, 3.8) is 0 Å². The molecule has 2 heterocycles. The third kappa shape index (κ3) is 3.34. The molecule has 110 valence electrons. The predicted molar refractivity (Wildman–Crippen MR) is 71.0 cm³/mol. The number of amides is 2. The summed E-state index contributed by atoms with van der Waals surface area (Å²) in [4.78, 5) is 27.4. The van der Waals surface area contributed by atoms with Gasteiger partial charge in [0.1, 0.15) is 0 Å². The Hall–Kier alpha value is -1.92. The second kappa shape index (κ2) is 6.49. The first-order valence-corrected chi connectivity index (χ1v) is 6.99. The lowest BCUT2D eigenvalue weighted by molar-refractivity contribution is -0.132. The minimum atomic E-state index is -0.258. The molecule has 0 bridgehead atoms. The van der Waals surface area contributed by atoms with Crippen molar-refractivity contribution in [2.75, 3.05) is 26.2 Å². The zero-order valence-electron chi connectivity index (χ0n) is 12.0. The fraction of sp³-hybridized carbons (Fsp3) is 0.692. The van der Waals surface area contributed by atoms with Gasteiger partial charge in [0.15, 0.2) is 0 Å². The third-order valence-corrected chi connectivity index (χ3v) is 3.37. The maximum atomic E-state index is 12.1. The molecule has 0 atom stereocenters. The number of aromatic nitrogens is 2. The average Bonchev–Trinajstić information content (AvgIpc) is 2.90. The first kappa shape index (κ1) is 14.5. The molecule has 1 aliphatic heterocycles. The van der Waals surface area contributed by atoms with E-state index < -0.39 is 0 Å². The molecule has 2 rings (SSSR count). The van der Waals surface area contributed by atoms with E-state index in [1.54, 1.807) is 11.8 Å². The predicted octanol–water partition coefficient (Wildman–Crippen LogP) is 0.853. The Morgan fingerprint density at radius 1 is 1.15 bits per heavy atom. The van der Waals surface area contributed by atoms with Gasteiger partial charge in [0.25, 0.3) is 0 Å². The van der Waals surface area contributed by atoms with Crippen molar-refractivity contribution < 1.29 is 14.0 Å². The Bertz CT molecular complexity index is 478. The van der Waals surface area contributed by atoms with Gasteiger partial charge in [0, 0.05) is 39.5 Å². The summed E-state index contributed by atoms with van der Waals surface area (Å²) in [5, 5.41) is 7.38. The summed E-state index contributed by atoms with van der Waals surface area (Å²) in [5.41, 5.74) is 0. The van der Waals surface area contributed by atoms with E-state index in [2.05, 4.69) is 17.1 Å². The monoisotopic (exact) mass is 280 g/mol. The Balaban J connectivity index is 1.85. The molecule has 1 fully saturated rings. The molecule has 0 spiro atoms. The molecule has 7 heteroatoms. The smallest absolute Gasteiger partial charge is 0.311 e. The van der Waals surface area contributed by atoms with E-state index in [-0.39, 0.29) is 17.7 Å². The molecule has 7 nitrogen and oxygen atoms in total. The molecule has 0 aliphatic carbocycles. The maximum absolute atomic E-state index is 12.1. The van der Waals surface area contributed by atoms with Crippen LogP contribution in [0.5, 0.6) is 0 Å². The highest BCUT2D eigenvalue weighted by atomic mass is 16.4. The van der Waals surface area contributed by atoms with Crippen LogP contribution in [0.15, 0.2) is 4.42 Å². The average molecular weight is 280 g/mol. The lowest BCUT2D eigenvalue weighted by Gasteiger charge is -2.34. The van der Waals surface area contributed by atoms with Crippen LogP contribution >= 0.6 is 0 Å². The Labute approximate surface area is 117 Å². The van der Waals surface area contributed by atoms with E-state index in [9.17, 15) is 9.59 Å². The van der Waals surface area contributed by atoms with Crippen LogP contribution in [0.3, 0.4) is 0 Å². The Morgan fingerprint density at radius 2 is 1.80 bits per heavy atom. The van der Waals surface area contributed by atoms with Gasteiger partial charge in [-0.25, -0.2) is 0 Å². The van der Waals surface area contributed by atoms with E-state index >= 15 is 0 Å². The molecule has 0 unspecified atom stereocenters. The number of nitrogens with zero attached hydrogens (tertiary/aromatic N) is 4. The van der Waals surface area contributed by atoms with Gasteiger partial charge in [-0.2, -0.15) is 0 Å². The highest BCUT2D eigenvalue weighted by molar-refractivity contribution is 5.89. The molecule has 20 heavy (non-hydrogen) atoms. The fourth-order valence-corrected chi connectivity index (χ4v) is 2.16. The van der Waals surface area contributed by atoms with Gasteiger partial charge in [-0.1, -0.05) is 13.3 Å². The van der Waals surface area contributed by atoms with Crippen molar-refractivity contribution in [1.29, 1.82) is 0 Å². The summed E-state index contributed by atoms with van der Waals surface area (Å²) >= 11 is 0. The van der Waals surface area contributed by atoms with Gasteiger partial charge < -0.3 is 14.2 Å². The topological polar surface area (TPSA) is 79.5 Å². The molecule has 0 aromatic carbocycles. The van der Waals surface area contributed by atoms with Crippen LogP contribution in [0.25, 0.3) is 0 Å². The van der Waals surface area contributed by atoms with Crippen molar-refractivity contribution in [3.8, 4) is 0 Å². The number of rotatable bonds is 4. The molecular weight excluding hydrogens is 260 g/mol. The molecular formula is C13H20N4O3. The molecule has 0 N–H and O–H groups in total. The van der Waals surface area contributed by atoms with E-state index in [0.717, 1.165) is 12.8 Å². The van der Waals surface area contributed by atoms with Gasteiger partial charge in [-0.15, -0.1) is 10.2 Å². The number of unbranched alkanes of at least 4 members (excludes halogenated alkanes) is 1. The first-order valence-electron chi connectivity index (χ1n) is 6.99. The minimum Gasteiger partial charge on any atom is -0.417 e. The summed E-state index contributed by atoms with van der Waals surface area (Å²) in [5.74, 6) is 0.314. The number of hydrogen-bond donors (Lipinski definition) is 0. The van der Waals surface area contributed by atoms with Gasteiger partial charge in [0.2, 0.25) is 11.8 Å². The number of aryl methyl sites for hydroxylation is 1. The van der Waals surface area contributed by atoms with E-state index in [1.807, 2.05) is 4.90 Å². The van der Waals surface area contributed by atoms with Crippen molar-refractivity contribution in [3.05, 3.63) is 11.8 Å². The molecule has 0 saturated carbocycles. The SMILES string of the molecule is CCCCC(=O)N1CCN(C(=O)c2nnc(C)o2)CC1. The summed E-state index contributed by atoms with van der Waals surface area (Å²) in [6.45, 7) is 5.88. The molecule has 2 amide bonds. The number of piperazine rings is 1. The van der Waals surface area contributed by atoms with Crippen LogP contribution in [-0.2, 0) is 4.79 Å². The van der Waals surface area contributed by atoms with Crippen LogP contribution < -0.4 is 0 Å². The molecule has 1 aliphatic rings. The summed E-state index contributed by atoms with van der Waals surface area (Å²) < 4.78 is 5.13. The third-order valence-electron chi connectivity index (χ3n) is 3.37. The second-order valence-corrected chi connectivity index (χ2v) is 4.90. The quantitative estimate of drug-likeness (QED) is 0.817. The summed E-state index contributed by atoms with van der Waals surface area (Å²) in [7, 11) is 0. The number of hydrogen-bond acceptors (Lipinski definition) is 5. The van der Waals surface area contributed by atoms with Crippen molar-refractivity contribution in [2.45, 2.75) is 33.1 Å². The molecule has 1 aromatic heterocycles. The van der Waals surface area contributed by atoms with Crippen LogP contribution in [0, 0.1) is 6.92 Å². The summed E-state index contributed by atoms with van der Waals surface area (Å²) in [6.07, 6.45) is 2.52. The van der Waals surface area contributed by atoms with E-state index in [1.165, 1.54) is 0 Å². The molecule has 0 radical (unpaired) electrons. The van der Waals surface area contributed by atoms with Crippen LogP contribution in [0.1, 0.15) is 42.8 Å². The first-order chi connectivity index (χ1) is 9.61. The second-order valence-electron chi connectivity index (χ2n) is 4.90. The fourth-order valence-electron chi connectivity index (χ4n) is 2.16. The zero-order valence-corrected chi connectivity index (χ0v) is 12.0. The van der Waals surface area contributed by atoms with Crippen molar-refractivity contribution >= 4 is 11.8 Å². The van der Waals surface area contributed by atoms with Crippen molar-refractivity contribution in [2.24, 2.45) is 0 Å². The Morgan fingerprint density at radius 3 is 2.35 bits per heavy atom. The van der Waals surface area contributed by atoms with E-state index in [0.29, 0.717) is 38.5 Å². The minimum absolute atomic E-state index is 0.0215. The zero-order chi connectivity index (χ0) is 14.5. The maximum Gasteiger partial charge on any atom is 0.311 e.